The number of carbonyl (C=O) groups is 3. The molecule has 11 heteroatoms. The number of nitrogens with zero attached hydrogens (tertiary/aromatic N) is 2. The van der Waals surface area contributed by atoms with Crippen LogP contribution in [0.1, 0.15) is 44.1 Å². The molecule has 3 aliphatic rings. The Morgan fingerprint density at radius 2 is 1.86 bits per heavy atom. The van der Waals surface area contributed by atoms with Gasteiger partial charge in [-0.3, -0.25) is 14.5 Å². The van der Waals surface area contributed by atoms with Crippen molar-refractivity contribution in [1.29, 1.82) is 0 Å². The summed E-state index contributed by atoms with van der Waals surface area (Å²) in [5, 5.41) is 13.1. The van der Waals surface area contributed by atoms with Gasteiger partial charge in [0, 0.05) is 25.4 Å². The van der Waals surface area contributed by atoms with E-state index in [0.29, 0.717) is 25.7 Å². The van der Waals surface area contributed by atoms with E-state index in [-0.39, 0.29) is 50.4 Å². The molecule has 1 aromatic rings. The van der Waals surface area contributed by atoms with Gasteiger partial charge < -0.3 is 25.8 Å². The fourth-order valence-electron chi connectivity index (χ4n) is 5.32. The average molecular weight is 509 g/mol. The first-order valence-electron chi connectivity index (χ1n) is 12.5. The van der Waals surface area contributed by atoms with Crippen LogP contribution in [-0.2, 0) is 20.9 Å². The van der Waals surface area contributed by atoms with E-state index >= 15 is 0 Å². The molecule has 2 saturated heterocycles. The summed E-state index contributed by atoms with van der Waals surface area (Å²) in [4.78, 5) is 40.6. The Morgan fingerprint density at radius 1 is 1.17 bits per heavy atom. The van der Waals surface area contributed by atoms with Crippen LogP contribution in [0.5, 0.6) is 0 Å². The van der Waals surface area contributed by atoms with Crippen LogP contribution in [0.3, 0.4) is 0 Å². The van der Waals surface area contributed by atoms with Gasteiger partial charge in [0.05, 0.1) is 25.2 Å². The maximum Gasteiger partial charge on any atom is 0.410 e. The standard InChI is InChI=1S/C25H34F2N4O5/c26-25(27)10-11-30(15-25)23(34)21(28)17-6-8-18(9-7-17)29-22(33)20-12-19(32)13-31(20)24(35)36-14-16-4-2-1-3-5-16/h1-5,17-21,32H,6-15,28H2,(H,29,33)/t17-,18-,19-,20?,21+/m1/s1. The zero-order chi connectivity index (χ0) is 25.9. The number of carbonyl (C=O) groups excluding carboxylic acids is 3. The van der Waals surface area contributed by atoms with Gasteiger partial charge in [-0.05, 0) is 37.2 Å². The molecule has 4 N–H and O–H groups in total. The van der Waals surface area contributed by atoms with Crippen LogP contribution in [0.25, 0.3) is 0 Å². The highest BCUT2D eigenvalue weighted by Crippen LogP contribution is 2.31. The minimum absolute atomic E-state index is 0.0163. The number of rotatable bonds is 6. The number of amides is 3. The molecule has 0 spiro atoms. The summed E-state index contributed by atoms with van der Waals surface area (Å²) < 4.78 is 32.3. The van der Waals surface area contributed by atoms with Crippen LogP contribution in [0, 0.1) is 5.92 Å². The minimum Gasteiger partial charge on any atom is -0.445 e. The third-order valence-electron chi connectivity index (χ3n) is 7.41. The molecule has 3 atom stereocenters. The lowest BCUT2D eigenvalue weighted by Crippen LogP contribution is -2.51. The Morgan fingerprint density at radius 3 is 2.50 bits per heavy atom. The molecule has 0 radical (unpaired) electrons. The topological polar surface area (TPSA) is 125 Å². The second kappa shape index (κ2) is 11.1. The summed E-state index contributed by atoms with van der Waals surface area (Å²) in [6.07, 6.45) is 0.649. The van der Waals surface area contributed by atoms with E-state index in [1.165, 1.54) is 4.90 Å². The smallest absolute Gasteiger partial charge is 0.410 e. The number of aliphatic hydroxyl groups excluding tert-OH is 1. The van der Waals surface area contributed by atoms with Crippen molar-refractivity contribution >= 4 is 17.9 Å². The molecule has 3 amide bonds. The maximum atomic E-state index is 13.5. The number of β-amino-alcohol motifs (C(OH)–C–C–N with tert-alkyl or cyclic N) is 1. The molecule has 3 fully saturated rings. The summed E-state index contributed by atoms with van der Waals surface area (Å²) >= 11 is 0. The zero-order valence-corrected chi connectivity index (χ0v) is 20.2. The molecule has 1 aliphatic carbocycles. The fourth-order valence-corrected chi connectivity index (χ4v) is 5.32. The quantitative estimate of drug-likeness (QED) is 0.537. The molecule has 0 bridgehead atoms. The Bertz CT molecular complexity index is 942. The van der Waals surface area contributed by atoms with Crippen molar-refractivity contribution in [3.63, 3.8) is 0 Å². The number of nitrogens with two attached hydrogens (primary N) is 1. The summed E-state index contributed by atoms with van der Waals surface area (Å²) in [7, 11) is 0. The van der Waals surface area contributed by atoms with Crippen molar-refractivity contribution in [2.24, 2.45) is 11.7 Å². The van der Waals surface area contributed by atoms with Crippen molar-refractivity contribution in [3.05, 3.63) is 35.9 Å². The fraction of sp³-hybridized carbons (Fsp3) is 0.640. The SMILES string of the molecule is N[C@H](C(=O)N1CCC(F)(F)C1)[C@H]1CC[C@H](NC(=O)C2C[C@@H](O)CN2C(=O)OCc2ccccc2)CC1. The van der Waals surface area contributed by atoms with Crippen LogP contribution < -0.4 is 11.1 Å². The Balaban J connectivity index is 1.25. The molecule has 0 aromatic heterocycles. The Hall–Kier alpha value is -2.79. The first kappa shape index (κ1) is 26.3. The third kappa shape index (κ3) is 6.31. The number of hydrogen-bond acceptors (Lipinski definition) is 6. The number of ether oxygens (including phenoxy) is 1. The number of aliphatic hydroxyl groups is 1. The van der Waals surface area contributed by atoms with Crippen molar-refractivity contribution in [1.82, 2.24) is 15.1 Å². The van der Waals surface area contributed by atoms with Gasteiger partial charge in [0.25, 0.3) is 5.92 Å². The maximum absolute atomic E-state index is 13.5. The monoisotopic (exact) mass is 508 g/mol. The normalized spacial score (nSPS) is 28.6. The Labute approximate surface area is 208 Å². The molecular weight excluding hydrogens is 474 g/mol. The van der Waals surface area contributed by atoms with Crippen LogP contribution in [0.2, 0.25) is 0 Å². The first-order valence-corrected chi connectivity index (χ1v) is 12.5. The van der Waals surface area contributed by atoms with Gasteiger partial charge in [0.15, 0.2) is 0 Å². The zero-order valence-electron chi connectivity index (χ0n) is 20.2. The highest BCUT2D eigenvalue weighted by atomic mass is 19.3. The minimum atomic E-state index is -2.85. The Kier molecular flexibility index (Phi) is 8.09. The number of benzene rings is 1. The van der Waals surface area contributed by atoms with Crippen LogP contribution >= 0.6 is 0 Å². The highest BCUT2D eigenvalue weighted by molar-refractivity contribution is 5.86. The van der Waals surface area contributed by atoms with E-state index in [4.69, 9.17) is 10.5 Å². The summed E-state index contributed by atoms with van der Waals surface area (Å²) in [6.45, 7) is -0.478. The molecule has 198 valence electrons. The molecule has 1 saturated carbocycles. The van der Waals surface area contributed by atoms with E-state index in [2.05, 4.69) is 5.32 Å². The summed E-state index contributed by atoms with van der Waals surface area (Å²) in [6, 6.07) is 7.35. The highest BCUT2D eigenvalue weighted by Gasteiger charge is 2.44. The van der Waals surface area contributed by atoms with E-state index in [0.717, 1.165) is 10.5 Å². The molecule has 9 nitrogen and oxygen atoms in total. The van der Waals surface area contributed by atoms with Gasteiger partial charge in [0.2, 0.25) is 11.8 Å². The second-order valence-corrected chi connectivity index (χ2v) is 10.1. The van der Waals surface area contributed by atoms with Gasteiger partial charge in [-0.25, -0.2) is 13.6 Å². The number of nitrogens with one attached hydrogen (secondary N) is 1. The van der Waals surface area contributed by atoms with Crippen LogP contribution in [-0.4, -0.2) is 82.6 Å². The van der Waals surface area contributed by atoms with E-state index in [9.17, 15) is 28.3 Å². The summed E-state index contributed by atoms with van der Waals surface area (Å²) in [5.74, 6) is -3.79. The lowest BCUT2D eigenvalue weighted by atomic mass is 9.81. The van der Waals surface area contributed by atoms with Crippen molar-refractivity contribution in [2.45, 2.75) is 75.3 Å². The molecule has 4 rings (SSSR count). The lowest BCUT2D eigenvalue weighted by molar-refractivity contribution is -0.134. The van der Waals surface area contributed by atoms with E-state index in [1.54, 1.807) is 0 Å². The largest absolute Gasteiger partial charge is 0.445 e. The first-order chi connectivity index (χ1) is 17.1. The van der Waals surface area contributed by atoms with Crippen LogP contribution in [0.4, 0.5) is 13.6 Å². The van der Waals surface area contributed by atoms with Crippen molar-refractivity contribution < 1.29 is 33.0 Å². The predicted octanol–water partition coefficient (Wildman–Crippen LogP) is 1.63. The third-order valence-corrected chi connectivity index (χ3v) is 7.41. The van der Waals surface area contributed by atoms with Gasteiger partial charge in [-0.1, -0.05) is 30.3 Å². The second-order valence-electron chi connectivity index (χ2n) is 10.1. The van der Waals surface area contributed by atoms with E-state index in [1.807, 2.05) is 30.3 Å². The average Bonchev–Trinajstić information content (AvgIpc) is 3.44. The van der Waals surface area contributed by atoms with Gasteiger partial charge >= 0.3 is 6.09 Å². The molecule has 2 heterocycles. The van der Waals surface area contributed by atoms with Gasteiger partial charge in [-0.15, -0.1) is 0 Å². The van der Waals surface area contributed by atoms with Gasteiger partial charge in [0.1, 0.15) is 12.6 Å². The van der Waals surface area contributed by atoms with Gasteiger partial charge in [-0.2, -0.15) is 0 Å². The molecule has 1 unspecified atom stereocenters. The molecule has 2 aliphatic heterocycles. The number of alkyl halides is 2. The predicted molar refractivity (Wildman–Crippen MR) is 126 cm³/mol. The molecule has 36 heavy (non-hydrogen) atoms. The summed E-state index contributed by atoms with van der Waals surface area (Å²) in [5.41, 5.74) is 6.95. The van der Waals surface area contributed by atoms with Crippen molar-refractivity contribution in [3.8, 4) is 0 Å². The number of hydrogen-bond donors (Lipinski definition) is 3. The molecule has 1 aromatic carbocycles. The lowest BCUT2D eigenvalue weighted by Gasteiger charge is -2.34. The number of halogens is 2. The van der Waals surface area contributed by atoms with E-state index < -0.39 is 42.7 Å². The van der Waals surface area contributed by atoms with Crippen molar-refractivity contribution in [2.75, 3.05) is 19.6 Å². The molecular formula is C25H34F2N4O5. The number of likely N-dealkylation sites (tertiary alicyclic amines) is 2. The van der Waals surface area contributed by atoms with Crippen LogP contribution in [0.15, 0.2) is 30.3 Å².